The lowest BCUT2D eigenvalue weighted by Crippen LogP contribution is -2.92. The minimum Gasteiger partial charge on any atom is -0.394 e. The van der Waals surface area contributed by atoms with Gasteiger partial charge in [0, 0.05) is 0 Å². The van der Waals surface area contributed by atoms with Crippen LogP contribution in [-0.2, 0) is 23.9 Å². The van der Waals surface area contributed by atoms with E-state index in [4.69, 9.17) is 4.74 Å². The fraction of sp³-hybridized carbons (Fsp3) is 0.429. The van der Waals surface area contributed by atoms with Crippen molar-refractivity contribution in [3.05, 3.63) is 24.3 Å². The maximum absolute atomic E-state index is 12.3. The van der Waals surface area contributed by atoms with Crippen LogP contribution in [0.4, 0.5) is 0 Å². The second kappa shape index (κ2) is 4.51. The maximum atomic E-state index is 12.3. The second-order valence-corrected chi connectivity index (χ2v) is 5.74. The van der Waals surface area contributed by atoms with Gasteiger partial charge in [0.2, 0.25) is 17.0 Å². The van der Waals surface area contributed by atoms with E-state index in [1.165, 1.54) is 0 Å². The van der Waals surface area contributed by atoms with Crippen LogP contribution in [0.3, 0.4) is 0 Å². The van der Waals surface area contributed by atoms with Gasteiger partial charge in [-0.25, -0.2) is 0 Å². The molecule has 24 heavy (non-hydrogen) atoms. The fourth-order valence-corrected chi connectivity index (χ4v) is 3.37. The van der Waals surface area contributed by atoms with E-state index in [0.717, 1.165) is 0 Å². The number of hydrogen-bond acceptors (Lipinski definition) is 10. The number of carbonyl (C=O) groups excluding carboxylic acids is 4. The molecule has 0 aromatic rings. The minimum atomic E-state index is -3.70. The summed E-state index contributed by atoms with van der Waals surface area (Å²) in [6.45, 7) is -1.23. The smallest absolute Gasteiger partial charge is 0.272 e. The van der Waals surface area contributed by atoms with Crippen LogP contribution in [0.1, 0.15) is 0 Å². The van der Waals surface area contributed by atoms with Crippen molar-refractivity contribution >= 4 is 23.1 Å². The number of hydrogen-bond donors (Lipinski definition) is 5. The van der Waals surface area contributed by atoms with E-state index in [1.54, 1.807) is 0 Å². The van der Waals surface area contributed by atoms with Gasteiger partial charge >= 0.3 is 0 Å². The van der Waals surface area contributed by atoms with E-state index < -0.39 is 58.4 Å². The lowest BCUT2D eigenvalue weighted by atomic mass is 9.54. The van der Waals surface area contributed by atoms with Crippen LogP contribution in [0.2, 0.25) is 0 Å². The Morgan fingerprint density at radius 3 is 1.79 bits per heavy atom. The molecule has 0 aromatic carbocycles. The first-order chi connectivity index (χ1) is 11.0. The Morgan fingerprint density at radius 1 is 0.792 bits per heavy atom. The summed E-state index contributed by atoms with van der Waals surface area (Å²) in [5.74, 6) is -9.35. The molecule has 5 N–H and O–H groups in total. The molecular weight excluding hydrogens is 328 g/mol. The van der Waals surface area contributed by atoms with E-state index >= 15 is 0 Å². The Kier molecular flexibility index (Phi) is 3.15. The van der Waals surface area contributed by atoms with Gasteiger partial charge in [0.05, 0.1) is 6.61 Å². The third-order valence-electron chi connectivity index (χ3n) is 4.71. The van der Waals surface area contributed by atoms with Crippen LogP contribution in [-0.4, -0.2) is 84.0 Å². The van der Waals surface area contributed by atoms with E-state index in [-0.39, 0.29) is 0 Å². The van der Waals surface area contributed by atoms with Crippen molar-refractivity contribution in [1.82, 2.24) is 0 Å². The summed E-state index contributed by atoms with van der Waals surface area (Å²) in [6.07, 6.45) is -0.151. The molecule has 1 fully saturated rings. The standard InChI is InChI=1S/C14H12O10/c15-5-10-11(20)6(16)1-2-7(17)12(11,21)13(22)8(18)3-4-9(19)14(13,23)24-10/h1-4,10,15,20-23H,5H2. The lowest BCUT2D eigenvalue weighted by molar-refractivity contribution is -0.389. The highest BCUT2D eigenvalue weighted by Gasteiger charge is 2.86. The molecule has 1 saturated heterocycles. The summed E-state index contributed by atoms with van der Waals surface area (Å²) >= 11 is 0. The molecule has 0 radical (unpaired) electrons. The second-order valence-electron chi connectivity index (χ2n) is 5.74. The Balaban J connectivity index is 2.43. The average molecular weight is 340 g/mol. The Morgan fingerprint density at radius 2 is 1.25 bits per heavy atom. The molecule has 2 aliphatic carbocycles. The lowest BCUT2D eigenvalue weighted by Gasteiger charge is -2.60. The third kappa shape index (κ3) is 1.38. The van der Waals surface area contributed by atoms with Crippen LogP contribution in [0.25, 0.3) is 0 Å². The normalized spacial score (nSPS) is 47.6. The maximum Gasteiger partial charge on any atom is 0.272 e. The van der Waals surface area contributed by atoms with Crippen molar-refractivity contribution in [1.29, 1.82) is 0 Å². The van der Waals surface area contributed by atoms with Crippen LogP contribution >= 0.6 is 0 Å². The van der Waals surface area contributed by atoms with E-state index in [1.807, 2.05) is 0 Å². The number of aliphatic hydroxyl groups is 5. The molecule has 3 rings (SSSR count). The quantitative estimate of drug-likeness (QED) is 0.313. The van der Waals surface area contributed by atoms with Crippen molar-refractivity contribution in [3.63, 3.8) is 0 Å². The Labute approximate surface area is 133 Å². The van der Waals surface area contributed by atoms with Crippen LogP contribution in [0, 0.1) is 0 Å². The van der Waals surface area contributed by atoms with Gasteiger partial charge in [-0.1, -0.05) is 0 Å². The number of ketones is 4. The molecule has 0 bridgehead atoms. The molecule has 0 saturated carbocycles. The number of aliphatic hydroxyl groups excluding tert-OH is 1. The summed E-state index contributed by atoms with van der Waals surface area (Å²) in [5, 5.41) is 52.0. The average Bonchev–Trinajstić information content (AvgIpc) is 2.55. The predicted octanol–water partition coefficient (Wildman–Crippen LogP) is -4.32. The van der Waals surface area contributed by atoms with Gasteiger partial charge in [0.25, 0.3) is 5.79 Å². The molecule has 0 spiro atoms. The van der Waals surface area contributed by atoms with Gasteiger partial charge in [0.1, 0.15) is 6.10 Å². The Bertz CT molecular complexity index is 753. The zero-order valence-electron chi connectivity index (χ0n) is 11.9. The monoisotopic (exact) mass is 340 g/mol. The van der Waals surface area contributed by atoms with E-state index in [0.29, 0.717) is 24.3 Å². The van der Waals surface area contributed by atoms with Crippen LogP contribution in [0.15, 0.2) is 24.3 Å². The molecule has 1 aliphatic heterocycles. The topological polar surface area (TPSA) is 179 Å². The molecule has 10 nitrogen and oxygen atoms in total. The first kappa shape index (κ1) is 16.8. The molecule has 0 aromatic heterocycles. The van der Waals surface area contributed by atoms with Crippen molar-refractivity contribution in [2.45, 2.75) is 28.7 Å². The van der Waals surface area contributed by atoms with Crippen LogP contribution in [0.5, 0.6) is 0 Å². The molecule has 5 atom stereocenters. The highest BCUT2D eigenvalue weighted by atomic mass is 16.7. The van der Waals surface area contributed by atoms with Crippen molar-refractivity contribution in [2.75, 3.05) is 6.61 Å². The predicted molar refractivity (Wildman–Crippen MR) is 70.1 cm³/mol. The van der Waals surface area contributed by atoms with Gasteiger partial charge in [0.15, 0.2) is 23.0 Å². The third-order valence-corrected chi connectivity index (χ3v) is 4.71. The number of ether oxygens (including phenoxy) is 1. The first-order valence-electron chi connectivity index (χ1n) is 6.74. The largest absolute Gasteiger partial charge is 0.394 e. The molecule has 0 amide bonds. The first-order valence-corrected chi connectivity index (χ1v) is 6.74. The van der Waals surface area contributed by atoms with Crippen molar-refractivity contribution in [2.24, 2.45) is 0 Å². The summed E-state index contributed by atoms with van der Waals surface area (Å²) < 4.78 is 4.79. The van der Waals surface area contributed by atoms with E-state index in [2.05, 4.69) is 0 Å². The number of rotatable bonds is 1. The molecular formula is C14H12O10. The van der Waals surface area contributed by atoms with Crippen LogP contribution < -0.4 is 0 Å². The van der Waals surface area contributed by atoms with E-state index in [9.17, 15) is 44.7 Å². The van der Waals surface area contributed by atoms with Gasteiger partial charge < -0.3 is 30.3 Å². The van der Waals surface area contributed by atoms with Gasteiger partial charge in [-0.15, -0.1) is 0 Å². The van der Waals surface area contributed by atoms with Crippen molar-refractivity contribution in [3.8, 4) is 0 Å². The molecule has 1 heterocycles. The minimum absolute atomic E-state index is 0.466. The molecule has 5 unspecified atom stereocenters. The van der Waals surface area contributed by atoms with Crippen molar-refractivity contribution < 1.29 is 49.4 Å². The molecule has 3 aliphatic rings. The van der Waals surface area contributed by atoms with Gasteiger partial charge in [-0.2, -0.15) is 0 Å². The van der Waals surface area contributed by atoms with Gasteiger partial charge in [-0.05, 0) is 24.3 Å². The summed E-state index contributed by atoms with van der Waals surface area (Å²) in [6, 6.07) is 0. The number of carbonyl (C=O) groups is 4. The summed E-state index contributed by atoms with van der Waals surface area (Å²) in [4.78, 5) is 48.6. The van der Waals surface area contributed by atoms with Gasteiger partial charge in [-0.3, -0.25) is 19.2 Å². The highest BCUT2D eigenvalue weighted by Crippen LogP contribution is 2.53. The zero-order chi connectivity index (χ0) is 18.1. The summed E-state index contributed by atoms with van der Waals surface area (Å²) in [5.41, 5.74) is -10.7. The summed E-state index contributed by atoms with van der Waals surface area (Å²) in [7, 11) is 0. The number of fused-ring (bicyclic) bond motifs is 3. The molecule has 128 valence electrons. The highest BCUT2D eigenvalue weighted by molar-refractivity contribution is 6.23. The SMILES string of the molecule is O=C1C=CC(=O)C2(O)C1(O)OC(CO)C1(O)C(=O)C=CC(=O)C12O. The zero-order valence-corrected chi connectivity index (χ0v) is 11.9. The molecule has 10 heteroatoms. The Hall–Kier alpha value is -2.08. The fourth-order valence-electron chi connectivity index (χ4n) is 3.37.